The van der Waals surface area contributed by atoms with Crippen molar-refractivity contribution in [1.82, 2.24) is 5.32 Å². The predicted octanol–water partition coefficient (Wildman–Crippen LogP) is 2.03. The summed E-state index contributed by atoms with van der Waals surface area (Å²) in [4.78, 5) is 11.6. The molecular weight excluding hydrogens is 338 g/mol. The van der Waals surface area contributed by atoms with Crippen molar-refractivity contribution < 1.29 is 28.5 Å². The van der Waals surface area contributed by atoms with E-state index < -0.39 is 0 Å². The maximum absolute atomic E-state index is 11.6. The zero-order valence-electron chi connectivity index (χ0n) is 17.1. The van der Waals surface area contributed by atoms with Gasteiger partial charge in [-0.05, 0) is 18.3 Å². The molecule has 0 radical (unpaired) electrons. The molecule has 0 saturated carbocycles. The highest BCUT2D eigenvalue weighted by molar-refractivity contribution is 5.75. The Bertz CT molecular complexity index is 320. The van der Waals surface area contributed by atoms with Crippen molar-refractivity contribution in [1.29, 1.82) is 0 Å². The summed E-state index contributed by atoms with van der Waals surface area (Å²) in [5, 5.41) is 2.87. The highest BCUT2D eigenvalue weighted by Crippen LogP contribution is 2.21. The molecule has 1 N–H and O–H groups in total. The van der Waals surface area contributed by atoms with Gasteiger partial charge in [0.2, 0.25) is 5.91 Å². The molecule has 0 spiro atoms. The minimum absolute atomic E-state index is 0.0949. The van der Waals surface area contributed by atoms with Gasteiger partial charge in [-0.15, -0.1) is 0 Å². The first-order chi connectivity index (χ1) is 12.5. The van der Waals surface area contributed by atoms with Gasteiger partial charge in [-0.25, -0.2) is 0 Å². The summed E-state index contributed by atoms with van der Waals surface area (Å²) in [5.41, 5.74) is 0.284. The monoisotopic (exact) mass is 377 g/mol. The largest absolute Gasteiger partial charge is 0.382 e. The Morgan fingerprint density at radius 1 is 0.769 bits per heavy atom. The van der Waals surface area contributed by atoms with Crippen molar-refractivity contribution in [2.45, 2.75) is 40.0 Å². The van der Waals surface area contributed by atoms with E-state index in [1.54, 1.807) is 7.11 Å². The van der Waals surface area contributed by atoms with E-state index in [2.05, 4.69) is 26.1 Å². The van der Waals surface area contributed by atoms with Gasteiger partial charge >= 0.3 is 0 Å². The molecule has 0 aromatic heterocycles. The SMILES string of the molecule is COCCOCCOCCOCCOCCNC(=O)CCCC(C)(C)C. The van der Waals surface area contributed by atoms with Gasteiger partial charge in [0.15, 0.2) is 0 Å². The van der Waals surface area contributed by atoms with E-state index in [1.165, 1.54) is 0 Å². The molecule has 156 valence electrons. The summed E-state index contributed by atoms with van der Waals surface area (Å²) in [5.74, 6) is 0.0949. The topological polar surface area (TPSA) is 75.2 Å². The summed E-state index contributed by atoms with van der Waals surface area (Å²) in [6.07, 6.45) is 2.56. The Morgan fingerprint density at radius 3 is 1.69 bits per heavy atom. The number of ether oxygens (including phenoxy) is 5. The Labute approximate surface area is 159 Å². The average Bonchev–Trinajstić information content (AvgIpc) is 2.57. The van der Waals surface area contributed by atoms with Crippen LogP contribution in [0.5, 0.6) is 0 Å². The third-order valence-corrected chi connectivity index (χ3v) is 3.45. The standard InChI is InChI=1S/C19H39NO6/c1-19(2,3)7-5-6-18(21)20-8-9-23-12-13-25-16-17-26-15-14-24-11-10-22-4/h5-17H2,1-4H3,(H,20,21). The highest BCUT2D eigenvalue weighted by Gasteiger charge is 2.10. The molecule has 0 unspecified atom stereocenters. The fourth-order valence-corrected chi connectivity index (χ4v) is 2.03. The van der Waals surface area contributed by atoms with Crippen molar-refractivity contribution in [3.05, 3.63) is 0 Å². The fraction of sp³-hybridized carbons (Fsp3) is 0.947. The van der Waals surface area contributed by atoms with Gasteiger partial charge in [-0.2, -0.15) is 0 Å². The van der Waals surface area contributed by atoms with E-state index in [4.69, 9.17) is 23.7 Å². The molecule has 0 saturated heterocycles. The Balaban J connectivity index is 3.16. The zero-order chi connectivity index (χ0) is 19.5. The summed E-state index contributed by atoms with van der Waals surface area (Å²) in [7, 11) is 1.64. The molecule has 0 bridgehead atoms. The fourth-order valence-electron chi connectivity index (χ4n) is 2.03. The van der Waals surface area contributed by atoms with Crippen molar-refractivity contribution in [2.75, 3.05) is 73.1 Å². The van der Waals surface area contributed by atoms with E-state index >= 15 is 0 Å². The number of nitrogens with one attached hydrogen (secondary N) is 1. The number of carbonyl (C=O) groups is 1. The third-order valence-electron chi connectivity index (χ3n) is 3.45. The molecule has 0 aromatic rings. The van der Waals surface area contributed by atoms with Gasteiger partial charge in [-0.3, -0.25) is 4.79 Å². The van der Waals surface area contributed by atoms with Crippen molar-refractivity contribution in [3.8, 4) is 0 Å². The molecule has 0 aliphatic carbocycles. The van der Waals surface area contributed by atoms with Crippen molar-refractivity contribution in [2.24, 2.45) is 5.41 Å². The minimum atomic E-state index is 0.0949. The lowest BCUT2D eigenvalue weighted by molar-refractivity contribution is -0.121. The summed E-state index contributed by atoms with van der Waals surface area (Å²) in [6.45, 7) is 12.0. The maximum atomic E-state index is 11.6. The first-order valence-electron chi connectivity index (χ1n) is 9.52. The number of carbonyl (C=O) groups excluding carboxylic acids is 1. The van der Waals surface area contributed by atoms with Crippen LogP contribution in [0.15, 0.2) is 0 Å². The molecule has 0 atom stereocenters. The molecule has 0 heterocycles. The molecule has 0 aromatic carbocycles. The van der Waals surface area contributed by atoms with Gasteiger partial charge in [0.05, 0.1) is 59.5 Å². The molecular formula is C19H39NO6. The van der Waals surface area contributed by atoms with Crippen molar-refractivity contribution in [3.63, 3.8) is 0 Å². The molecule has 0 aliphatic heterocycles. The quantitative estimate of drug-likeness (QED) is 0.368. The Hall–Kier alpha value is -0.730. The van der Waals surface area contributed by atoms with Crippen LogP contribution in [-0.4, -0.2) is 79.0 Å². The first kappa shape index (κ1) is 25.3. The first-order valence-corrected chi connectivity index (χ1v) is 9.52. The maximum Gasteiger partial charge on any atom is 0.220 e. The van der Waals surface area contributed by atoms with Crippen LogP contribution >= 0.6 is 0 Å². The van der Waals surface area contributed by atoms with Gasteiger partial charge in [0.25, 0.3) is 0 Å². The predicted molar refractivity (Wildman–Crippen MR) is 101 cm³/mol. The van der Waals surface area contributed by atoms with E-state index in [0.717, 1.165) is 12.8 Å². The lowest BCUT2D eigenvalue weighted by Gasteiger charge is -2.17. The smallest absolute Gasteiger partial charge is 0.220 e. The molecule has 0 fully saturated rings. The van der Waals surface area contributed by atoms with Crippen LogP contribution in [0.2, 0.25) is 0 Å². The zero-order valence-corrected chi connectivity index (χ0v) is 17.1. The lowest BCUT2D eigenvalue weighted by Crippen LogP contribution is -2.27. The van der Waals surface area contributed by atoms with Gasteiger partial charge in [-0.1, -0.05) is 20.8 Å². The van der Waals surface area contributed by atoms with Crippen LogP contribution in [0.3, 0.4) is 0 Å². The van der Waals surface area contributed by atoms with Crippen LogP contribution in [0.1, 0.15) is 40.0 Å². The van der Waals surface area contributed by atoms with Crippen LogP contribution in [0.25, 0.3) is 0 Å². The van der Waals surface area contributed by atoms with Crippen LogP contribution < -0.4 is 5.32 Å². The molecule has 26 heavy (non-hydrogen) atoms. The third kappa shape index (κ3) is 21.3. The molecule has 0 rings (SSSR count). The summed E-state index contributed by atoms with van der Waals surface area (Å²) >= 11 is 0. The van der Waals surface area contributed by atoms with Crippen molar-refractivity contribution >= 4 is 5.91 Å². The second-order valence-corrected chi connectivity index (χ2v) is 7.21. The number of methoxy groups -OCH3 is 1. The van der Waals surface area contributed by atoms with E-state index in [1.807, 2.05) is 0 Å². The van der Waals surface area contributed by atoms with E-state index in [0.29, 0.717) is 72.4 Å². The normalized spacial score (nSPS) is 11.7. The molecule has 7 heteroatoms. The number of hydrogen-bond donors (Lipinski definition) is 1. The number of amides is 1. The molecule has 0 aliphatic rings. The summed E-state index contributed by atoms with van der Waals surface area (Å²) < 4.78 is 26.3. The number of rotatable bonds is 18. The van der Waals surface area contributed by atoms with Gasteiger partial charge in [0.1, 0.15) is 0 Å². The van der Waals surface area contributed by atoms with Gasteiger partial charge in [0, 0.05) is 20.1 Å². The summed E-state index contributed by atoms with van der Waals surface area (Å²) in [6, 6.07) is 0. The molecule has 7 nitrogen and oxygen atoms in total. The van der Waals surface area contributed by atoms with Crippen LogP contribution in [0, 0.1) is 5.41 Å². The second kappa shape index (κ2) is 17.7. The lowest BCUT2D eigenvalue weighted by atomic mass is 9.90. The minimum Gasteiger partial charge on any atom is -0.382 e. The Morgan fingerprint density at radius 2 is 1.23 bits per heavy atom. The second-order valence-electron chi connectivity index (χ2n) is 7.21. The van der Waals surface area contributed by atoms with Gasteiger partial charge < -0.3 is 29.0 Å². The van der Waals surface area contributed by atoms with Crippen LogP contribution in [-0.2, 0) is 28.5 Å². The highest BCUT2D eigenvalue weighted by atomic mass is 16.6. The average molecular weight is 378 g/mol. The van der Waals surface area contributed by atoms with E-state index in [9.17, 15) is 4.79 Å². The Kier molecular flexibility index (Phi) is 17.2. The van der Waals surface area contributed by atoms with E-state index in [-0.39, 0.29) is 11.3 Å². The molecule has 1 amide bonds. The van der Waals surface area contributed by atoms with Crippen LogP contribution in [0.4, 0.5) is 0 Å². The number of hydrogen-bond acceptors (Lipinski definition) is 6.